The van der Waals surface area contributed by atoms with Gasteiger partial charge < -0.3 is 10.3 Å². The highest BCUT2D eigenvalue weighted by Crippen LogP contribution is 2.28. The third-order valence-electron chi connectivity index (χ3n) is 4.73. The van der Waals surface area contributed by atoms with Gasteiger partial charge in [-0.25, -0.2) is 10.2 Å². The Morgan fingerprint density at radius 3 is 2.85 bits per heavy atom. The van der Waals surface area contributed by atoms with E-state index in [2.05, 4.69) is 34.7 Å². The second-order valence-electron chi connectivity index (χ2n) is 6.35. The van der Waals surface area contributed by atoms with Gasteiger partial charge >= 0.3 is 6.03 Å². The molecular formula is C20H26N4OS. The van der Waals surface area contributed by atoms with Crippen molar-refractivity contribution >= 4 is 29.2 Å². The zero-order chi connectivity index (χ0) is 18.5. The van der Waals surface area contributed by atoms with Crippen LogP contribution in [0.3, 0.4) is 0 Å². The molecule has 5 nitrogen and oxygen atoms in total. The van der Waals surface area contributed by atoms with Crippen molar-refractivity contribution in [2.75, 3.05) is 11.6 Å². The number of carbonyl (C=O) groups excluding carboxylic acids is 1. The minimum absolute atomic E-state index is 0.313. The highest BCUT2D eigenvalue weighted by Gasteiger charge is 2.23. The second kappa shape index (κ2) is 8.45. The fraction of sp³-hybridized carbons (Fsp3) is 0.400. The van der Waals surface area contributed by atoms with Crippen molar-refractivity contribution in [2.45, 2.75) is 50.8 Å². The van der Waals surface area contributed by atoms with Crippen LogP contribution in [0, 0.1) is 0 Å². The zero-order valence-corrected chi connectivity index (χ0v) is 16.4. The lowest BCUT2D eigenvalue weighted by molar-refractivity contribution is 0.252. The fourth-order valence-electron chi connectivity index (χ4n) is 3.53. The van der Waals surface area contributed by atoms with E-state index in [1.54, 1.807) is 11.8 Å². The Hall–Kier alpha value is -2.21. The van der Waals surface area contributed by atoms with E-state index in [0.717, 1.165) is 48.4 Å². The predicted octanol–water partition coefficient (Wildman–Crippen LogP) is 4.72. The molecule has 1 aliphatic rings. The number of fused-ring (bicyclic) bond motifs is 1. The summed E-state index contributed by atoms with van der Waals surface area (Å²) < 4.78 is 0. The van der Waals surface area contributed by atoms with Gasteiger partial charge in [-0.1, -0.05) is 19.9 Å². The summed E-state index contributed by atoms with van der Waals surface area (Å²) in [5.74, 6) is 0. The number of carbonyl (C=O) groups is 1. The number of rotatable bonds is 5. The van der Waals surface area contributed by atoms with Crippen molar-refractivity contribution in [1.29, 1.82) is 0 Å². The molecule has 3 rings (SSSR count). The molecule has 1 aromatic carbocycles. The number of aryl methyl sites for hydroxylation is 2. The first-order valence-corrected chi connectivity index (χ1v) is 10.4. The van der Waals surface area contributed by atoms with Crippen LogP contribution in [-0.2, 0) is 19.3 Å². The third-order valence-corrected chi connectivity index (χ3v) is 5.45. The van der Waals surface area contributed by atoms with E-state index in [-0.39, 0.29) is 6.03 Å². The molecule has 0 atom stereocenters. The predicted molar refractivity (Wildman–Crippen MR) is 109 cm³/mol. The van der Waals surface area contributed by atoms with Gasteiger partial charge in [0.25, 0.3) is 0 Å². The Kier molecular flexibility index (Phi) is 6.04. The average molecular weight is 371 g/mol. The summed E-state index contributed by atoms with van der Waals surface area (Å²) in [4.78, 5) is 16.9. The number of nitrogens with zero attached hydrogens (tertiary/aromatic N) is 1. The van der Waals surface area contributed by atoms with Gasteiger partial charge in [-0.3, -0.25) is 0 Å². The van der Waals surface area contributed by atoms with E-state index < -0.39 is 0 Å². The molecule has 138 valence electrons. The minimum Gasteiger partial charge on any atom is -0.361 e. The Labute approximate surface area is 159 Å². The van der Waals surface area contributed by atoms with E-state index >= 15 is 0 Å². The number of hydrazone groups is 1. The smallest absolute Gasteiger partial charge is 0.339 e. The Morgan fingerprint density at radius 2 is 2.12 bits per heavy atom. The maximum Gasteiger partial charge on any atom is 0.339 e. The molecule has 3 N–H and O–H groups in total. The van der Waals surface area contributed by atoms with Gasteiger partial charge in [0, 0.05) is 27.5 Å². The van der Waals surface area contributed by atoms with Gasteiger partial charge in [-0.05, 0) is 62.1 Å². The summed E-state index contributed by atoms with van der Waals surface area (Å²) in [6.45, 7) is 4.34. The quantitative estimate of drug-likeness (QED) is 0.526. The number of thioether (sulfide) groups is 1. The molecular weight excluding hydrogens is 344 g/mol. The summed E-state index contributed by atoms with van der Waals surface area (Å²) in [5.41, 5.74) is 9.55. The summed E-state index contributed by atoms with van der Waals surface area (Å²) in [6, 6.07) is 7.46. The van der Waals surface area contributed by atoms with Crippen molar-refractivity contribution in [3.63, 3.8) is 0 Å². The second-order valence-corrected chi connectivity index (χ2v) is 7.23. The number of H-pyrrole nitrogens is 1. The largest absolute Gasteiger partial charge is 0.361 e. The number of aromatic nitrogens is 1. The van der Waals surface area contributed by atoms with E-state index in [1.807, 2.05) is 30.5 Å². The van der Waals surface area contributed by atoms with Gasteiger partial charge in [0.1, 0.15) is 0 Å². The molecule has 0 saturated carbocycles. The van der Waals surface area contributed by atoms with Crippen LogP contribution in [0.1, 0.15) is 49.2 Å². The molecule has 2 amide bonds. The van der Waals surface area contributed by atoms with Crippen molar-refractivity contribution < 1.29 is 4.79 Å². The van der Waals surface area contributed by atoms with Crippen molar-refractivity contribution in [3.05, 3.63) is 46.8 Å². The Morgan fingerprint density at radius 1 is 1.27 bits per heavy atom. The lowest BCUT2D eigenvalue weighted by Gasteiger charge is -2.16. The number of anilines is 1. The molecule has 0 spiro atoms. The first kappa shape index (κ1) is 18.6. The molecule has 0 aliphatic heterocycles. The van der Waals surface area contributed by atoms with Crippen molar-refractivity contribution in [3.8, 4) is 0 Å². The number of benzene rings is 1. The third kappa shape index (κ3) is 3.96. The van der Waals surface area contributed by atoms with Crippen LogP contribution in [0.4, 0.5) is 10.5 Å². The number of urea groups is 1. The van der Waals surface area contributed by atoms with Crippen LogP contribution >= 0.6 is 11.8 Å². The summed E-state index contributed by atoms with van der Waals surface area (Å²) >= 11 is 1.64. The Bertz CT molecular complexity index is 825. The molecule has 0 fully saturated rings. The van der Waals surface area contributed by atoms with Crippen LogP contribution in [0.5, 0.6) is 0 Å². The summed E-state index contributed by atoms with van der Waals surface area (Å²) in [5, 5.41) is 7.30. The molecule has 0 bridgehead atoms. The van der Waals surface area contributed by atoms with Gasteiger partial charge in [-0.2, -0.15) is 5.10 Å². The Balaban J connectivity index is 1.75. The normalized spacial score (nSPS) is 15.0. The SMILES string of the molecule is CCc1[nH]c2c(c1CC)/C(=N/NC(=O)Nc1cccc(SC)c1)CCC2. The maximum atomic E-state index is 12.2. The van der Waals surface area contributed by atoms with E-state index in [9.17, 15) is 4.79 Å². The molecule has 0 saturated heterocycles. The molecule has 1 aliphatic carbocycles. The number of aromatic amines is 1. The number of hydrogen-bond acceptors (Lipinski definition) is 3. The lowest BCUT2D eigenvalue weighted by Crippen LogP contribution is -2.26. The van der Waals surface area contributed by atoms with Gasteiger partial charge in [0.05, 0.1) is 5.71 Å². The van der Waals surface area contributed by atoms with Crippen LogP contribution in [-0.4, -0.2) is 23.0 Å². The highest BCUT2D eigenvalue weighted by molar-refractivity contribution is 7.98. The van der Waals surface area contributed by atoms with Crippen molar-refractivity contribution in [1.82, 2.24) is 10.4 Å². The topological polar surface area (TPSA) is 69.3 Å². The fourth-order valence-corrected chi connectivity index (χ4v) is 3.99. The van der Waals surface area contributed by atoms with Crippen LogP contribution < -0.4 is 10.7 Å². The summed E-state index contributed by atoms with van der Waals surface area (Å²) in [6.07, 6.45) is 6.97. The van der Waals surface area contributed by atoms with Gasteiger partial charge in [-0.15, -0.1) is 11.8 Å². The number of amides is 2. The summed E-state index contributed by atoms with van der Waals surface area (Å²) in [7, 11) is 0. The highest BCUT2D eigenvalue weighted by atomic mass is 32.2. The molecule has 1 heterocycles. The van der Waals surface area contributed by atoms with Gasteiger partial charge in [0.2, 0.25) is 0 Å². The zero-order valence-electron chi connectivity index (χ0n) is 15.6. The molecule has 26 heavy (non-hydrogen) atoms. The van der Waals surface area contributed by atoms with Crippen LogP contribution in [0.2, 0.25) is 0 Å². The molecule has 0 unspecified atom stereocenters. The molecule has 0 radical (unpaired) electrons. The standard InChI is InChI=1S/C20H26N4OS/c1-4-15-16(5-2)22-17-10-7-11-18(19(15)17)23-24-20(25)21-13-8-6-9-14(12-13)26-3/h6,8-9,12,22H,4-5,7,10-11H2,1-3H3,(H2,21,24,25)/b23-18+. The molecule has 6 heteroatoms. The van der Waals surface area contributed by atoms with E-state index in [1.165, 1.54) is 22.5 Å². The minimum atomic E-state index is -0.313. The monoisotopic (exact) mass is 370 g/mol. The van der Waals surface area contributed by atoms with E-state index in [0.29, 0.717) is 0 Å². The first-order valence-electron chi connectivity index (χ1n) is 9.16. The maximum absolute atomic E-state index is 12.2. The first-order chi connectivity index (χ1) is 12.7. The van der Waals surface area contributed by atoms with Crippen molar-refractivity contribution in [2.24, 2.45) is 5.10 Å². The molecule has 2 aromatic rings. The van der Waals surface area contributed by atoms with E-state index in [4.69, 9.17) is 0 Å². The lowest BCUT2D eigenvalue weighted by atomic mass is 9.91. The van der Waals surface area contributed by atoms with Crippen LogP contribution in [0.25, 0.3) is 0 Å². The molecule has 1 aromatic heterocycles. The average Bonchev–Trinajstić information content (AvgIpc) is 3.04. The van der Waals surface area contributed by atoms with Gasteiger partial charge in [0.15, 0.2) is 0 Å². The number of nitrogens with one attached hydrogen (secondary N) is 3. The van der Waals surface area contributed by atoms with Crippen LogP contribution in [0.15, 0.2) is 34.3 Å². The number of hydrogen-bond donors (Lipinski definition) is 3.